The fourth-order valence-corrected chi connectivity index (χ4v) is 1.97. The van der Waals surface area contributed by atoms with Crippen molar-refractivity contribution in [2.24, 2.45) is 5.92 Å². The first kappa shape index (κ1) is 14.8. The molecule has 0 aromatic heterocycles. The highest BCUT2D eigenvalue weighted by Gasteiger charge is 2.43. The second kappa shape index (κ2) is 5.14. The van der Waals surface area contributed by atoms with Crippen LogP contribution in [-0.4, -0.2) is 42.8 Å². The predicted molar refractivity (Wildman–Crippen MR) is 63.0 cm³/mol. The van der Waals surface area contributed by atoms with Crippen LogP contribution in [0.15, 0.2) is 0 Å². The first-order chi connectivity index (χ1) is 7.60. The van der Waals surface area contributed by atoms with Crippen molar-refractivity contribution in [1.29, 1.82) is 0 Å². The third-order valence-electron chi connectivity index (χ3n) is 3.64. The molecule has 1 saturated heterocycles. The van der Waals surface area contributed by atoms with Crippen LogP contribution in [0.4, 0.5) is 13.2 Å². The van der Waals surface area contributed by atoms with Crippen LogP contribution in [0.2, 0.25) is 0 Å². The van der Waals surface area contributed by atoms with E-state index < -0.39 is 12.1 Å². The second-order valence-electron chi connectivity index (χ2n) is 5.96. The molecular weight excluding hydrogens is 229 g/mol. The number of rotatable bonds is 3. The van der Waals surface area contributed by atoms with Crippen LogP contribution in [-0.2, 0) is 0 Å². The fraction of sp³-hybridized carbons (Fsp3) is 1.00. The van der Waals surface area contributed by atoms with Gasteiger partial charge >= 0.3 is 6.18 Å². The average molecular weight is 252 g/mol. The number of hydrogen-bond acceptors (Lipinski definition) is 2. The average Bonchev–Trinajstić information content (AvgIpc) is 2.59. The summed E-state index contributed by atoms with van der Waals surface area (Å²) >= 11 is 0. The van der Waals surface area contributed by atoms with Gasteiger partial charge in [0.25, 0.3) is 0 Å². The van der Waals surface area contributed by atoms with Crippen LogP contribution in [0, 0.1) is 5.92 Å². The number of alkyl halides is 3. The first-order valence-corrected chi connectivity index (χ1v) is 6.12. The largest absolute Gasteiger partial charge is 0.393 e. The molecule has 1 rings (SSSR count). The molecule has 2 atom stereocenters. The van der Waals surface area contributed by atoms with Gasteiger partial charge in [0.05, 0.1) is 5.92 Å². The maximum atomic E-state index is 12.5. The molecule has 1 fully saturated rings. The van der Waals surface area contributed by atoms with Crippen LogP contribution in [0.5, 0.6) is 0 Å². The Kier molecular flexibility index (Phi) is 4.47. The van der Waals surface area contributed by atoms with E-state index in [2.05, 4.69) is 31.0 Å². The molecule has 2 nitrogen and oxygen atoms in total. The highest BCUT2D eigenvalue weighted by molar-refractivity contribution is 4.86. The molecule has 0 bridgehead atoms. The molecule has 1 aliphatic heterocycles. The topological polar surface area (TPSA) is 15.3 Å². The van der Waals surface area contributed by atoms with E-state index in [1.165, 1.54) is 0 Å². The molecule has 1 aliphatic rings. The molecule has 102 valence electrons. The smallest absolute Gasteiger partial charge is 0.313 e. The van der Waals surface area contributed by atoms with Crippen LogP contribution in [0.1, 0.15) is 33.6 Å². The van der Waals surface area contributed by atoms with Gasteiger partial charge in [-0.1, -0.05) is 0 Å². The molecule has 0 radical (unpaired) electrons. The minimum atomic E-state index is -4.04. The van der Waals surface area contributed by atoms with E-state index in [1.54, 1.807) is 0 Å². The lowest BCUT2D eigenvalue weighted by molar-refractivity contribution is -0.169. The van der Waals surface area contributed by atoms with E-state index in [0.29, 0.717) is 0 Å². The fourth-order valence-electron chi connectivity index (χ4n) is 1.97. The number of nitrogens with one attached hydrogen (secondary N) is 1. The summed E-state index contributed by atoms with van der Waals surface area (Å²) in [6.07, 6.45) is -3.04. The molecule has 2 unspecified atom stereocenters. The summed E-state index contributed by atoms with van der Waals surface area (Å²) in [7, 11) is 2.01. The molecule has 0 aromatic rings. The third kappa shape index (κ3) is 4.47. The van der Waals surface area contributed by atoms with Crippen LogP contribution >= 0.6 is 0 Å². The van der Waals surface area contributed by atoms with Crippen molar-refractivity contribution in [3.63, 3.8) is 0 Å². The van der Waals surface area contributed by atoms with Crippen LogP contribution in [0.25, 0.3) is 0 Å². The SMILES string of the molecule is CN(CCC1CC(C(F)(F)F)CN1)C(C)(C)C. The van der Waals surface area contributed by atoms with E-state index in [1.807, 2.05) is 7.05 Å². The van der Waals surface area contributed by atoms with Crippen molar-refractivity contribution in [2.45, 2.75) is 51.4 Å². The first-order valence-electron chi connectivity index (χ1n) is 6.12. The maximum absolute atomic E-state index is 12.5. The summed E-state index contributed by atoms with van der Waals surface area (Å²) in [6, 6.07) is 0.00595. The molecule has 0 spiro atoms. The molecule has 0 saturated carbocycles. The lowest BCUT2D eigenvalue weighted by Gasteiger charge is -2.32. The highest BCUT2D eigenvalue weighted by Crippen LogP contribution is 2.33. The van der Waals surface area contributed by atoms with E-state index in [-0.39, 0.29) is 24.5 Å². The van der Waals surface area contributed by atoms with Gasteiger partial charge in [0.2, 0.25) is 0 Å². The van der Waals surface area contributed by atoms with Gasteiger partial charge in [0.15, 0.2) is 0 Å². The van der Waals surface area contributed by atoms with E-state index in [4.69, 9.17) is 0 Å². The normalized spacial score (nSPS) is 26.8. The van der Waals surface area contributed by atoms with Crippen molar-refractivity contribution >= 4 is 0 Å². The Morgan fingerprint density at radius 1 is 1.24 bits per heavy atom. The van der Waals surface area contributed by atoms with Gasteiger partial charge in [0, 0.05) is 18.1 Å². The van der Waals surface area contributed by atoms with Crippen LogP contribution in [0.3, 0.4) is 0 Å². The zero-order valence-electron chi connectivity index (χ0n) is 11.1. The predicted octanol–water partition coefficient (Wildman–Crippen LogP) is 2.65. The highest BCUT2D eigenvalue weighted by atomic mass is 19.4. The summed E-state index contributed by atoms with van der Waals surface area (Å²) in [5.74, 6) is -1.16. The Hall–Kier alpha value is -0.290. The molecule has 0 aliphatic carbocycles. The van der Waals surface area contributed by atoms with Crippen molar-refractivity contribution in [2.75, 3.05) is 20.1 Å². The Morgan fingerprint density at radius 3 is 2.24 bits per heavy atom. The Balaban J connectivity index is 2.32. The van der Waals surface area contributed by atoms with E-state index in [0.717, 1.165) is 13.0 Å². The Labute approximate surface area is 102 Å². The summed E-state index contributed by atoms with van der Waals surface area (Å²) in [5.41, 5.74) is 0.0715. The summed E-state index contributed by atoms with van der Waals surface area (Å²) < 4.78 is 37.4. The Morgan fingerprint density at radius 2 is 1.82 bits per heavy atom. The molecule has 17 heavy (non-hydrogen) atoms. The molecule has 0 aromatic carbocycles. The quantitative estimate of drug-likeness (QED) is 0.830. The van der Waals surface area contributed by atoms with Crippen molar-refractivity contribution < 1.29 is 13.2 Å². The molecule has 0 amide bonds. The van der Waals surface area contributed by atoms with Gasteiger partial charge in [-0.3, -0.25) is 0 Å². The summed E-state index contributed by atoms with van der Waals surface area (Å²) in [5, 5.41) is 2.97. The minimum Gasteiger partial charge on any atom is -0.313 e. The third-order valence-corrected chi connectivity index (χ3v) is 3.64. The zero-order chi connectivity index (χ0) is 13.3. The van der Waals surface area contributed by atoms with Crippen molar-refractivity contribution in [3.8, 4) is 0 Å². The second-order valence-corrected chi connectivity index (χ2v) is 5.96. The molecule has 5 heteroatoms. The van der Waals surface area contributed by atoms with Gasteiger partial charge in [-0.25, -0.2) is 0 Å². The molecule has 1 N–H and O–H groups in total. The Bertz CT molecular complexity index is 245. The summed E-state index contributed by atoms with van der Waals surface area (Å²) in [4.78, 5) is 2.18. The monoisotopic (exact) mass is 252 g/mol. The standard InChI is InChI=1S/C12H23F3N2/c1-11(2,3)17(4)6-5-10-7-9(8-16-10)12(13,14)15/h9-10,16H,5-8H2,1-4H3. The van der Waals surface area contributed by atoms with E-state index in [9.17, 15) is 13.2 Å². The minimum absolute atomic E-state index is 0.00595. The van der Waals surface area contributed by atoms with Crippen molar-refractivity contribution in [3.05, 3.63) is 0 Å². The maximum Gasteiger partial charge on any atom is 0.393 e. The molecular formula is C12H23F3N2. The van der Waals surface area contributed by atoms with Gasteiger partial charge in [-0.2, -0.15) is 13.2 Å². The lowest BCUT2D eigenvalue weighted by Crippen LogP contribution is -2.40. The zero-order valence-corrected chi connectivity index (χ0v) is 11.1. The van der Waals surface area contributed by atoms with Gasteiger partial charge in [-0.05, 0) is 47.2 Å². The van der Waals surface area contributed by atoms with Gasteiger partial charge in [-0.15, -0.1) is 0 Å². The van der Waals surface area contributed by atoms with Gasteiger partial charge < -0.3 is 10.2 Å². The van der Waals surface area contributed by atoms with Gasteiger partial charge in [0.1, 0.15) is 0 Å². The van der Waals surface area contributed by atoms with Crippen LogP contribution < -0.4 is 5.32 Å². The lowest BCUT2D eigenvalue weighted by atomic mass is 10.0. The van der Waals surface area contributed by atoms with E-state index >= 15 is 0 Å². The molecule has 1 heterocycles. The van der Waals surface area contributed by atoms with Crippen molar-refractivity contribution in [1.82, 2.24) is 10.2 Å². The number of hydrogen-bond donors (Lipinski definition) is 1. The number of halogens is 3. The number of nitrogens with zero attached hydrogens (tertiary/aromatic N) is 1. The summed E-state index contributed by atoms with van der Waals surface area (Å²) in [6.45, 7) is 7.22.